The first-order valence-corrected chi connectivity index (χ1v) is 8.02. The zero-order valence-electron chi connectivity index (χ0n) is 13.7. The maximum Gasteiger partial charge on any atom is 0.187 e. The number of hydrogen-bond donors (Lipinski definition) is 2. The molecule has 2 rings (SSSR count). The predicted octanol–water partition coefficient (Wildman–Crippen LogP) is 3.61. The number of rotatable bonds is 6. The Morgan fingerprint density at radius 1 is 1.12 bits per heavy atom. The molecule has 0 atom stereocenters. The van der Waals surface area contributed by atoms with Crippen LogP contribution in [0.5, 0.6) is 5.75 Å². The number of methoxy groups -OCH3 is 1. The Hall–Kier alpha value is -2.47. The Kier molecular flexibility index (Phi) is 6.69. The van der Waals surface area contributed by atoms with Gasteiger partial charge in [0, 0.05) is 6.54 Å². The minimum Gasteiger partial charge on any atom is -0.497 e. The minimum absolute atomic E-state index is 0.265. The molecule has 0 unspecified atom stereocenters. The highest BCUT2D eigenvalue weighted by molar-refractivity contribution is 7.80. The number of nitrogens with zero attached hydrogens (tertiary/aromatic N) is 1. The molecule has 24 heavy (non-hydrogen) atoms. The van der Waals surface area contributed by atoms with Crippen molar-refractivity contribution < 1.29 is 9.13 Å². The molecule has 6 heteroatoms. The predicted molar refractivity (Wildman–Crippen MR) is 98.8 cm³/mol. The third-order valence-corrected chi connectivity index (χ3v) is 3.65. The van der Waals surface area contributed by atoms with E-state index in [2.05, 4.69) is 15.8 Å². The number of thiocarbonyl (C=S) groups is 1. The highest BCUT2D eigenvalue weighted by Gasteiger charge is 2.03. The summed E-state index contributed by atoms with van der Waals surface area (Å²) in [4.78, 5) is 0. The fourth-order valence-corrected chi connectivity index (χ4v) is 2.19. The van der Waals surface area contributed by atoms with Gasteiger partial charge >= 0.3 is 0 Å². The van der Waals surface area contributed by atoms with E-state index in [4.69, 9.17) is 17.0 Å². The summed E-state index contributed by atoms with van der Waals surface area (Å²) >= 11 is 5.22. The van der Waals surface area contributed by atoms with Gasteiger partial charge in [0.25, 0.3) is 0 Å². The van der Waals surface area contributed by atoms with E-state index in [1.54, 1.807) is 19.2 Å². The number of hydrogen-bond acceptors (Lipinski definition) is 3. The van der Waals surface area contributed by atoms with Gasteiger partial charge in [-0.1, -0.05) is 31.2 Å². The van der Waals surface area contributed by atoms with Crippen LogP contribution >= 0.6 is 12.2 Å². The Bertz CT molecular complexity index is 699. The molecule has 0 heterocycles. The summed E-state index contributed by atoms with van der Waals surface area (Å²) in [5.41, 5.74) is 5.59. The van der Waals surface area contributed by atoms with Gasteiger partial charge in [0.05, 0.1) is 12.8 Å². The average molecular weight is 345 g/mol. The molecule has 0 aromatic heterocycles. The molecule has 0 amide bonds. The van der Waals surface area contributed by atoms with Gasteiger partial charge in [0.1, 0.15) is 11.6 Å². The summed E-state index contributed by atoms with van der Waals surface area (Å²) in [6.45, 7) is 2.57. The Morgan fingerprint density at radius 3 is 2.38 bits per heavy atom. The topological polar surface area (TPSA) is 45.7 Å². The second-order valence-electron chi connectivity index (χ2n) is 5.06. The molecular formula is C18H20FN3OS. The molecule has 0 fully saturated rings. The lowest BCUT2D eigenvalue weighted by Crippen LogP contribution is -2.32. The summed E-state index contributed by atoms with van der Waals surface area (Å²) in [5, 5.41) is 7.82. The maximum atomic E-state index is 13.0. The van der Waals surface area contributed by atoms with Crippen LogP contribution in [-0.2, 0) is 6.54 Å². The van der Waals surface area contributed by atoms with E-state index in [1.807, 2.05) is 31.2 Å². The van der Waals surface area contributed by atoms with Crippen LogP contribution in [0.4, 0.5) is 4.39 Å². The summed E-state index contributed by atoms with van der Waals surface area (Å²) in [5.74, 6) is 0.551. The first-order valence-electron chi connectivity index (χ1n) is 7.61. The lowest BCUT2D eigenvalue weighted by Gasteiger charge is -2.09. The summed E-state index contributed by atoms with van der Waals surface area (Å²) < 4.78 is 18.1. The zero-order chi connectivity index (χ0) is 17.4. The standard InChI is InChI=1S/C18H20FN3OS/c1-3-17(14-6-8-15(19)9-7-14)21-22-18(24)20-12-13-4-10-16(23-2)11-5-13/h4-11H,3,12H2,1-2H3,(H2,20,22,24)/b21-17-. The summed E-state index contributed by atoms with van der Waals surface area (Å²) in [6, 6.07) is 14.0. The highest BCUT2D eigenvalue weighted by Crippen LogP contribution is 2.11. The van der Waals surface area contributed by atoms with E-state index in [0.717, 1.165) is 22.6 Å². The first kappa shape index (κ1) is 17.9. The van der Waals surface area contributed by atoms with Gasteiger partial charge in [-0.3, -0.25) is 5.43 Å². The monoisotopic (exact) mass is 345 g/mol. The molecule has 2 N–H and O–H groups in total. The quantitative estimate of drug-likeness (QED) is 0.477. The van der Waals surface area contributed by atoms with Gasteiger partial charge in [-0.05, 0) is 54.0 Å². The van der Waals surface area contributed by atoms with Crippen LogP contribution in [0.2, 0.25) is 0 Å². The van der Waals surface area contributed by atoms with Gasteiger partial charge < -0.3 is 10.1 Å². The van der Waals surface area contributed by atoms with Gasteiger partial charge in [-0.25, -0.2) is 4.39 Å². The van der Waals surface area contributed by atoms with Crippen LogP contribution in [0.25, 0.3) is 0 Å². The van der Waals surface area contributed by atoms with Crippen LogP contribution in [0.3, 0.4) is 0 Å². The van der Waals surface area contributed by atoms with Crippen LogP contribution in [0.15, 0.2) is 53.6 Å². The van der Waals surface area contributed by atoms with Gasteiger partial charge in [0.15, 0.2) is 5.11 Å². The van der Waals surface area contributed by atoms with E-state index >= 15 is 0 Å². The smallest absolute Gasteiger partial charge is 0.187 e. The van der Waals surface area contributed by atoms with E-state index in [1.165, 1.54) is 12.1 Å². The number of benzene rings is 2. The van der Waals surface area contributed by atoms with E-state index in [0.29, 0.717) is 18.1 Å². The SMILES string of the molecule is CC/C(=N/NC(=S)NCc1ccc(OC)cc1)c1ccc(F)cc1. The molecular weight excluding hydrogens is 325 g/mol. The average Bonchev–Trinajstić information content (AvgIpc) is 2.62. The molecule has 0 saturated heterocycles. The van der Waals surface area contributed by atoms with Crippen LogP contribution in [0.1, 0.15) is 24.5 Å². The Balaban J connectivity index is 1.89. The molecule has 0 aliphatic rings. The molecule has 0 spiro atoms. The third kappa shape index (κ3) is 5.31. The van der Waals surface area contributed by atoms with E-state index in [9.17, 15) is 4.39 Å². The molecule has 0 aliphatic carbocycles. The minimum atomic E-state index is -0.265. The van der Waals surface area contributed by atoms with Crippen molar-refractivity contribution in [2.24, 2.45) is 5.10 Å². The van der Waals surface area contributed by atoms with E-state index in [-0.39, 0.29) is 5.82 Å². The van der Waals surface area contributed by atoms with E-state index < -0.39 is 0 Å². The highest BCUT2D eigenvalue weighted by atomic mass is 32.1. The number of halogens is 1. The molecule has 0 radical (unpaired) electrons. The van der Waals surface area contributed by atoms with Gasteiger partial charge in [-0.2, -0.15) is 5.10 Å². The van der Waals surface area contributed by atoms with Crippen LogP contribution in [-0.4, -0.2) is 17.9 Å². The van der Waals surface area contributed by atoms with Crippen molar-refractivity contribution in [3.05, 3.63) is 65.5 Å². The molecule has 2 aromatic carbocycles. The van der Waals surface area contributed by atoms with Crippen molar-refractivity contribution >= 4 is 23.0 Å². The second-order valence-corrected chi connectivity index (χ2v) is 5.47. The van der Waals surface area contributed by atoms with Crippen molar-refractivity contribution in [2.75, 3.05) is 7.11 Å². The zero-order valence-corrected chi connectivity index (χ0v) is 14.5. The molecule has 126 valence electrons. The molecule has 0 saturated carbocycles. The Labute approximate surface area is 146 Å². The molecule has 2 aromatic rings. The third-order valence-electron chi connectivity index (χ3n) is 3.42. The number of ether oxygens (including phenoxy) is 1. The number of hydrazone groups is 1. The number of nitrogens with one attached hydrogen (secondary N) is 2. The largest absolute Gasteiger partial charge is 0.497 e. The first-order chi connectivity index (χ1) is 11.6. The summed E-state index contributed by atoms with van der Waals surface area (Å²) in [6.07, 6.45) is 0.708. The summed E-state index contributed by atoms with van der Waals surface area (Å²) in [7, 11) is 1.64. The molecule has 0 aliphatic heterocycles. The second kappa shape index (κ2) is 8.98. The lowest BCUT2D eigenvalue weighted by molar-refractivity contribution is 0.414. The van der Waals surface area contributed by atoms with Gasteiger partial charge in [0.2, 0.25) is 0 Å². The van der Waals surface area contributed by atoms with Crippen LogP contribution in [0, 0.1) is 5.82 Å². The van der Waals surface area contributed by atoms with Crippen molar-refractivity contribution in [3.63, 3.8) is 0 Å². The fourth-order valence-electron chi connectivity index (χ4n) is 2.07. The van der Waals surface area contributed by atoms with Crippen molar-refractivity contribution in [3.8, 4) is 5.75 Å². The Morgan fingerprint density at radius 2 is 1.79 bits per heavy atom. The van der Waals surface area contributed by atoms with Crippen molar-refractivity contribution in [1.29, 1.82) is 0 Å². The normalized spacial score (nSPS) is 11.0. The molecule has 4 nitrogen and oxygen atoms in total. The molecule has 0 bridgehead atoms. The lowest BCUT2D eigenvalue weighted by atomic mass is 10.1. The maximum absolute atomic E-state index is 13.0. The van der Waals surface area contributed by atoms with Gasteiger partial charge in [-0.15, -0.1) is 0 Å². The van der Waals surface area contributed by atoms with Crippen molar-refractivity contribution in [2.45, 2.75) is 19.9 Å². The van der Waals surface area contributed by atoms with Crippen molar-refractivity contribution in [1.82, 2.24) is 10.7 Å². The van der Waals surface area contributed by atoms with Crippen LogP contribution < -0.4 is 15.5 Å². The fraction of sp³-hybridized carbons (Fsp3) is 0.222.